The molecule has 0 aliphatic rings. The van der Waals surface area contributed by atoms with Crippen LogP contribution in [0.25, 0.3) is 0 Å². The van der Waals surface area contributed by atoms with Crippen molar-refractivity contribution in [3.05, 3.63) is 64.7 Å². The maximum atomic E-state index is 12.4. The number of carbonyl (C=O) groups excluding carboxylic acids is 1. The molecule has 0 heterocycles. The number of amides is 1. The van der Waals surface area contributed by atoms with Crippen LogP contribution in [0.4, 0.5) is 0 Å². The summed E-state index contributed by atoms with van der Waals surface area (Å²) in [6.07, 6.45) is 0.968. The van der Waals surface area contributed by atoms with Gasteiger partial charge in [0, 0.05) is 5.56 Å². The molecule has 0 unspecified atom stereocenters. The molecular formula is C20H25NO2. The Balaban J connectivity index is 2.03. The number of rotatable bonds is 6. The highest BCUT2D eigenvalue weighted by molar-refractivity contribution is 5.94. The molecule has 0 aliphatic carbocycles. The second-order valence-electron chi connectivity index (χ2n) is 5.93. The van der Waals surface area contributed by atoms with Crippen LogP contribution in [0.3, 0.4) is 0 Å². The van der Waals surface area contributed by atoms with Crippen LogP contribution >= 0.6 is 0 Å². The molecular weight excluding hydrogens is 286 g/mol. The zero-order valence-corrected chi connectivity index (χ0v) is 14.3. The normalized spacial score (nSPS) is 11.8. The SMILES string of the molecule is CCCOc1ccc(C(=O)N[C@@H](C)c2ccc(C)cc2C)cc1. The molecule has 0 bridgehead atoms. The van der Waals surface area contributed by atoms with Gasteiger partial charge in [-0.2, -0.15) is 0 Å². The molecule has 23 heavy (non-hydrogen) atoms. The molecule has 0 aliphatic heterocycles. The molecule has 0 saturated carbocycles. The van der Waals surface area contributed by atoms with Crippen molar-refractivity contribution in [1.29, 1.82) is 0 Å². The summed E-state index contributed by atoms with van der Waals surface area (Å²) in [6, 6.07) is 13.5. The summed E-state index contributed by atoms with van der Waals surface area (Å²) in [5.41, 5.74) is 4.21. The molecule has 0 aromatic heterocycles. The largest absolute Gasteiger partial charge is 0.494 e. The van der Waals surface area contributed by atoms with E-state index in [2.05, 4.69) is 44.3 Å². The van der Waals surface area contributed by atoms with Crippen LogP contribution < -0.4 is 10.1 Å². The van der Waals surface area contributed by atoms with Gasteiger partial charge in [0.15, 0.2) is 0 Å². The maximum Gasteiger partial charge on any atom is 0.251 e. The lowest BCUT2D eigenvalue weighted by Gasteiger charge is -2.17. The van der Waals surface area contributed by atoms with E-state index in [1.54, 1.807) is 12.1 Å². The van der Waals surface area contributed by atoms with Crippen molar-refractivity contribution in [2.75, 3.05) is 6.61 Å². The lowest BCUT2D eigenvalue weighted by molar-refractivity contribution is 0.0940. The van der Waals surface area contributed by atoms with Gasteiger partial charge < -0.3 is 10.1 Å². The van der Waals surface area contributed by atoms with E-state index in [-0.39, 0.29) is 11.9 Å². The molecule has 0 saturated heterocycles. The highest BCUT2D eigenvalue weighted by atomic mass is 16.5. The van der Waals surface area contributed by atoms with Crippen molar-refractivity contribution in [1.82, 2.24) is 5.32 Å². The smallest absolute Gasteiger partial charge is 0.251 e. The van der Waals surface area contributed by atoms with Gasteiger partial charge in [0.2, 0.25) is 0 Å². The lowest BCUT2D eigenvalue weighted by Crippen LogP contribution is -2.27. The van der Waals surface area contributed by atoms with Gasteiger partial charge in [-0.05, 0) is 62.6 Å². The molecule has 2 aromatic rings. The second-order valence-corrected chi connectivity index (χ2v) is 5.93. The minimum atomic E-state index is -0.0699. The molecule has 0 spiro atoms. The van der Waals surface area contributed by atoms with Crippen LogP contribution in [0.1, 0.15) is 53.4 Å². The number of benzene rings is 2. The molecule has 2 aromatic carbocycles. The molecule has 122 valence electrons. The van der Waals surface area contributed by atoms with Crippen LogP contribution in [-0.4, -0.2) is 12.5 Å². The van der Waals surface area contributed by atoms with E-state index in [4.69, 9.17) is 4.74 Å². The summed E-state index contributed by atoms with van der Waals surface area (Å²) < 4.78 is 5.54. The molecule has 1 amide bonds. The predicted molar refractivity (Wildman–Crippen MR) is 94.0 cm³/mol. The minimum Gasteiger partial charge on any atom is -0.494 e. The first-order valence-electron chi connectivity index (χ1n) is 8.12. The minimum absolute atomic E-state index is 0.0286. The van der Waals surface area contributed by atoms with E-state index in [1.807, 2.05) is 19.1 Å². The van der Waals surface area contributed by atoms with Crippen LogP contribution in [-0.2, 0) is 0 Å². The second kappa shape index (κ2) is 7.82. The van der Waals surface area contributed by atoms with E-state index >= 15 is 0 Å². The summed E-state index contributed by atoms with van der Waals surface area (Å²) in [6.45, 7) is 8.91. The predicted octanol–water partition coefficient (Wildman–Crippen LogP) is 4.58. The van der Waals surface area contributed by atoms with Crippen LogP contribution in [0.15, 0.2) is 42.5 Å². The highest BCUT2D eigenvalue weighted by Crippen LogP contribution is 2.19. The zero-order chi connectivity index (χ0) is 16.8. The quantitative estimate of drug-likeness (QED) is 0.847. The van der Waals surface area contributed by atoms with Crippen molar-refractivity contribution in [2.45, 2.75) is 40.2 Å². The topological polar surface area (TPSA) is 38.3 Å². The third kappa shape index (κ3) is 4.59. The summed E-state index contributed by atoms with van der Waals surface area (Å²) >= 11 is 0. The number of carbonyl (C=O) groups is 1. The highest BCUT2D eigenvalue weighted by Gasteiger charge is 2.13. The Kier molecular flexibility index (Phi) is 5.80. The summed E-state index contributed by atoms with van der Waals surface area (Å²) in [7, 11) is 0. The zero-order valence-electron chi connectivity index (χ0n) is 14.3. The molecule has 1 N–H and O–H groups in total. The van der Waals surface area contributed by atoms with Crippen molar-refractivity contribution >= 4 is 5.91 Å². The molecule has 3 nitrogen and oxygen atoms in total. The number of hydrogen-bond acceptors (Lipinski definition) is 2. The van der Waals surface area contributed by atoms with Crippen molar-refractivity contribution in [3.63, 3.8) is 0 Å². The van der Waals surface area contributed by atoms with Gasteiger partial charge in [0.25, 0.3) is 5.91 Å². The summed E-state index contributed by atoms with van der Waals surface area (Å²) in [5.74, 6) is 0.727. The monoisotopic (exact) mass is 311 g/mol. The van der Waals surface area contributed by atoms with Gasteiger partial charge >= 0.3 is 0 Å². The van der Waals surface area contributed by atoms with Crippen molar-refractivity contribution in [2.24, 2.45) is 0 Å². The van der Waals surface area contributed by atoms with Crippen LogP contribution in [0.5, 0.6) is 5.75 Å². The molecule has 3 heteroatoms. The van der Waals surface area contributed by atoms with E-state index in [0.717, 1.165) is 17.7 Å². The number of aryl methyl sites for hydroxylation is 2. The van der Waals surface area contributed by atoms with Gasteiger partial charge in [-0.3, -0.25) is 4.79 Å². The van der Waals surface area contributed by atoms with Crippen molar-refractivity contribution < 1.29 is 9.53 Å². The molecule has 1 atom stereocenters. The van der Waals surface area contributed by atoms with E-state index in [9.17, 15) is 4.79 Å². The first-order chi connectivity index (χ1) is 11.0. The summed E-state index contributed by atoms with van der Waals surface area (Å²) in [4.78, 5) is 12.4. The summed E-state index contributed by atoms with van der Waals surface area (Å²) in [5, 5.41) is 3.06. The van der Waals surface area contributed by atoms with Crippen LogP contribution in [0, 0.1) is 13.8 Å². The van der Waals surface area contributed by atoms with Crippen molar-refractivity contribution in [3.8, 4) is 5.75 Å². The lowest BCUT2D eigenvalue weighted by atomic mass is 10.00. The van der Waals surface area contributed by atoms with E-state index < -0.39 is 0 Å². The first kappa shape index (κ1) is 17.1. The average molecular weight is 311 g/mol. The Morgan fingerprint density at radius 2 is 1.83 bits per heavy atom. The van der Waals surface area contributed by atoms with E-state index in [0.29, 0.717) is 12.2 Å². The molecule has 2 rings (SSSR count). The third-order valence-electron chi connectivity index (χ3n) is 3.83. The Bertz CT molecular complexity index is 662. The van der Waals surface area contributed by atoms with Gasteiger partial charge in [0.05, 0.1) is 12.6 Å². The Morgan fingerprint density at radius 1 is 1.13 bits per heavy atom. The van der Waals surface area contributed by atoms with Crippen LogP contribution in [0.2, 0.25) is 0 Å². The Hall–Kier alpha value is -2.29. The maximum absolute atomic E-state index is 12.4. The van der Waals surface area contributed by atoms with Gasteiger partial charge in [-0.25, -0.2) is 0 Å². The molecule has 0 radical (unpaired) electrons. The number of nitrogens with one attached hydrogen (secondary N) is 1. The molecule has 0 fully saturated rings. The van der Waals surface area contributed by atoms with Gasteiger partial charge in [-0.1, -0.05) is 30.7 Å². The first-order valence-corrected chi connectivity index (χ1v) is 8.12. The van der Waals surface area contributed by atoms with Gasteiger partial charge in [-0.15, -0.1) is 0 Å². The van der Waals surface area contributed by atoms with E-state index in [1.165, 1.54) is 11.1 Å². The Labute approximate surface area is 138 Å². The number of ether oxygens (including phenoxy) is 1. The fourth-order valence-corrected chi connectivity index (χ4v) is 2.59. The fraction of sp³-hybridized carbons (Fsp3) is 0.350. The standard InChI is InChI=1S/C20H25NO2/c1-5-12-23-18-9-7-17(8-10-18)20(22)21-16(4)19-11-6-14(2)13-15(19)3/h6-11,13,16H,5,12H2,1-4H3,(H,21,22)/t16-/m0/s1. The van der Waals surface area contributed by atoms with Gasteiger partial charge in [0.1, 0.15) is 5.75 Å². The fourth-order valence-electron chi connectivity index (χ4n) is 2.59. The Morgan fingerprint density at radius 3 is 2.43 bits per heavy atom. The average Bonchev–Trinajstić information content (AvgIpc) is 2.53. The number of hydrogen-bond donors (Lipinski definition) is 1. The third-order valence-corrected chi connectivity index (χ3v) is 3.83.